The Balaban J connectivity index is 2.53. The van der Waals surface area contributed by atoms with Gasteiger partial charge in [0.05, 0.1) is 12.3 Å². The van der Waals surface area contributed by atoms with E-state index in [1.165, 1.54) is 6.26 Å². The van der Waals surface area contributed by atoms with Gasteiger partial charge in [0.15, 0.2) is 5.76 Å². The molecule has 0 bridgehead atoms. The molecule has 3 heteroatoms. The van der Waals surface area contributed by atoms with E-state index in [2.05, 4.69) is 19.2 Å². The summed E-state index contributed by atoms with van der Waals surface area (Å²) >= 11 is 0. The first-order valence-electron chi connectivity index (χ1n) is 4.99. The second kappa shape index (κ2) is 4.96. The Morgan fingerprint density at radius 1 is 1.57 bits per heavy atom. The minimum Gasteiger partial charge on any atom is -0.461 e. The first kappa shape index (κ1) is 11.0. The molecule has 0 amide bonds. The molecule has 78 valence electrons. The number of nitrogens with one attached hydrogen (secondary N) is 1. The van der Waals surface area contributed by atoms with Crippen molar-refractivity contribution in [1.82, 2.24) is 5.32 Å². The minimum absolute atomic E-state index is 0.00954. The molecule has 1 rings (SSSR count). The summed E-state index contributed by atoms with van der Waals surface area (Å²) in [7, 11) is 0. The van der Waals surface area contributed by atoms with Crippen LogP contribution in [0.4, 0.5) is 0 Å². The lowest BCUT2D eigenvalue weighted by Gasteiger charge is -2.16. The number of hydrogen-bond donors (Lipinski definition) is 1. The minimum atomic E-state index is -0.184. The average Bonchev–Trinajstić information content (AvgIpc) is 2.69. The van der Waals surface area contributed by atoms with Gasteiger partial charge in [-0.05, 0) is 32.4 Å². The van der Waals surface area contributed by atoms with E-state index in [1.54, 1.807) is 12.1 Å². The molecule has 14 heavy (non-hydrogen) atoms. The van der Waals surface area contributed by atoms with E-state index in [9.17, 15) is 4.79 Å². The van der Waals surface area contributed by atoms with Crippen LogP contribution in [-0.2, 0) is 0 Å². The van der Waals surface area contributed by atoms with Gasteiger partial charge in [0, 0.05) is 6.04 Å². The fourth-order valence-corrected chi connectivity index (χ4v) is 1.25. The second-order valence-electron chi connectivity index (χ2n) is 3.54. The fraction of sp³-hybridized carbons (Fsp3) is 0.545. The monoisotopic (exact) mass is 195 g/mol. The van der Waals surface area contributed by atoms with Crippen molar-refractivity contribution < 1.29 is 9.21 Å². The first-order chi connectivity index (χ1) is 6.65. The normalized spacial score (nSPS) is 15.1. The molecule has 1 N–H and O–H groups in total. The van der Waals surface area contributed by atoms with E-state index in [-0.39, 0.29) is 11.8 Å². The van der Waals surface area contributed by atoms with Crippen molar-refractivity contribution in [2.75, 3.05) is 0 Å². The van der Waals surface area contributed by atoms with Crippen LogP contribution in [0.5, 0.6) is 0 Å². The number of carbonyl (C=O) groups excluding carboxylic acids is 1. The van der Waals surface area contributed by atoms with E-state index in [0.29, 0.717) is 11.8 Å². The largest absolute Gasteiger partial charge is 0.461 e. The van der Waals surface area contributed by atoms with Gasteiger partial charge >= 0.3 is 0 Å². The fourth-order valence-electron chi connectivity index (χ4n) is 1.25. The zero-order valence-electron chi connectivity index (χ0n) is 8.91. The molecule has 2 unspecified atom stereocenters. The molecule has 0 spiro atoms. The Morgan fingerprint density at radius 3 is 2.79 bits per heavy atom. The van der Waals surface area contributed by atoms with Crippen LogP contribution in [-0.4, -0.2) is 17.9 Å². The summed E-state index contributed by atoms with van der Waals surface area (Å²) in [5.74, 6) is 0.434. The van der Waals surface area contributed by atoms with E-state index in [4.69, 9.17) is 4.42 Å². The topological polar surface area (TPSA) is 42.2 Å². The molecular formula is C11H17NO2. The van der Waals surface area contributed by atoms with Gasteiger partial charge in [0.2, 0.25) is 5.78 Å². The van der Waals surface area contributed by atoms with Crippen LogP contribution in [0.15, 0.2) is 22.8 Å². The van der Waals surface area contributed by atoms with Gasteiger partial charge in [-0.1, -0.05) is 6.92 Å². The van der Waals surface area contributed by atoms with Gasteiger partial charge in [-0.3, -0.25) is 4.79 Å². The van der Waals surface area contributed by atoms with Gasteiger partial charge in [0.1, 0.15) is 0 Å². The van der Waals surface area contributed by atoms with Crippen LogP contribution in [0.1, 0.15) is 37.7 Å². The standard InChI is InChI=1S/C11H17NO2/c1-4-8(2)12-9(3)11(13)10-6-5-7-14-10/h5-9,12H,4H2,1-3H3. The van der Waals surface area contributed by atoms with Gasteiger partial charge in [-0.2, -0.15) is 0 Å². The van der Waals surface area contributed by atoms with Crippen LogP contribution in [0.3, 0.4) is 0 Å². The maximum absolute atomic E-state index is 11.7. The summed E-state index contributed by atoms with van der Waals surface area (Å²) < 4.78 is 5.04. The molecule has 0 aromatic carbocycles. The van der Waals surface area contributed by atoms with Gasteiger partial charge < -0.3 is 9.73 Å². The van der Waals surface area contributed by atoms with E-state index < -0.39 is 0 Å². The van der Waals surface area contributed by atoms with Crippen LogP contribution in [0.25, 0.3) is 0 Å². The van der Waals surface area contributed by atoms with Gasteiger partial charge in [-0.25, -0.2) is 0 Å². The van der Waals surface area contributed by atoms with Crippen molar-refractivity contribution in [3.8, 4) is 0 Å². The Bertz CT molecular complexity index is 279. The lowest BCUT2D eigenvalue weighted by molar-refractivity contribution is 0.0917. The molecule has 0 saturated heterocycles. The molecule has 0 aliphatic rings. The van der Waals surface area contributed by atoms with Gasteiger partial charge in [-0.15, -0.1) is 0 Å². The predicted molar refractivity (Wildman–Crippen MR) is 55.4 cm³/mol. The molecule has 2 atom stereocenters. The molecule has 1 aromatic rings. The van der Waals surface area contributed by atoms with Crippen molar-refractivity contribution in [1.29, 1.82) is 0 Å². The Labute approximate surface area is 84.5 Å². The summed E-state index contributed by atoms with van der Waals surface area (Å²) in [5, 5.41) is 3.21. The Kier molecular flexibility index (Phi) is 3.89. The third-order valence-electron chi connectivity index (χ3n) is 2.30. The molecule has 1 aromatic heterocycles. The number of ketones is 1. The summed E-state index contributed by atoms with van der Waals surface area (Å²) in [6.07, 6.45) is 2.53. The molecule has 1 heterocycles. The maximum atomic E-state index is 11.7. The van der Waals surface area contributed by atoms with Crippen molar-refractivity contribution >= 4 is 5.78 Å². The molecular weight excluding hydrogens is 178 g/mol. The maximum Gasteiger partial charge on any atom is 0.214 e. The quantitative estimate of drug-likeness (QED) is 0.733. The predicted octanol–water partition coefficient (Wildman–Crippen LogP) is 2.24. The SMILES string of the molecule is CCC(C)NC(C)C(=O)c1ccco1. The Hall–Kier alpha value is -1.09. The summed E-state index contributed by atoms with van der Waals surface area (Å²) in [5.41, 5.74) is 0. The van der Waals surface area contributed by atoms with E-state index in [0.717, 1.165) is 6.42 Å². The van der Waals surface area contributed by atoms with Crippen LogP contribution in [0, 0.1) is 0 Å². The highest BCUT2D eigenvalue weighted by molar-refractivity contribution is 5.97. The van der Waals surface area contributed by atoms with Crippen LogP contribution >= 0.6 is 0 Å². The zero-order chi connectivity index (χ0) is 10.6. The zero-order valence-corrected chi connectivity index (χ0v) is 8.91. The molecule has 0 saturated carbocycles. The van der Waals surface area contributed by atoms with Crippen molar-refractivity contribution in [2.45, 2.75) is 39.3 Å². The highest BCUT2D eigenvalue weighted by atomic mass is 16.3. The molecule has 0 fully saturated rings. The summed E-state index contributed by atoms with van der Waals surface area (Å²) in [4.78, 5) is 11.7. The number of hydrogen-bond acceptors (Lipinski definition) is 3. The molecule has 3 nitrogen and oxygen atoms in total. The van der Waals surface area contributed by atoms with Crippen molar-refractivity contribution in [3.05, 3.63) is 24.2 Å². The van der Waals surface area contributed by atoms with Crippen molar-refractivity contribution in [2.24, 2.45) is 0 Å². The lowest BCUT2D eigenvalue weighted by Crippen LogP contribution is -2.39. The van der Waals surface area contributed by atoms with Crippen LogP contribution in [0.2, 0.25) is 0 Å². The average molecular weight is 195 g/mol. The third-order valence-corrected chi connectivity index (χ3v) is 2.30. The number of furan rings is 1. The summed E-state index contributed by atoms with van der Waals surface area (Å²) in [6.45, 7) is 6.00. The third kappa shape index (κ3) is 2.70. The number of rotatable bonds is 5. The van der Waals surface area contributed by atoms with E-state index >= 15 is 0 Å². The van der Waals surface area contributed by atoms with Crippen molar-refractivity contribution in [3.63, 3.8) is 0 Å². The highest BCUT2D eigenvalue weighted by Gasteiger charge is 2.18. The molecule has 0 radical (unpaired) electrons. The number of carbonyl (C=O) groups is 1. The molecule has 0 aliphatic carbocycles. The number of Topliss-reactive ketones (excluding diaryl/α,β-unsaturated/α-hetero) is 1. The smallest absolute Gasteiger partial charge is 0.214 e. The van der Waals surface area contributed by atoms with Crippen LogP contribution < -0.4 is 5.32 Å². The highest BCUT2D eigenvalue weighted by Crippen LogP contribution is 2.05. The van der Waals surface area contributed by atoms with Gasteiger partial charge in [0.25, 0.3) is 0 Å². The Morgan fingerprint density at radius 2 is 2.29 bits per heavy atom. The summed E-state index contributed by atoms with van der Waals surface area (Å²) in [6, 6.07) is 3.58. The van der Waals surface area contributed by atoms with E-state index in [1.807, 2.05) is 6.92 Å². The molecule has 0 aliphatic heterocycles. The second-order valence-corrected chi connectivity index (χ2v) is 3.54. The first-order valence-corrected chi connectivity index (χ1v) is 4.99. The lowest BCUT2D eigenvalue weighted by atomic mass is 10.1.